The Morgan fingerprint density at radius 2 is 1.77 bits per heavy atom. The van der Waals surface area contributed by atoms with E-state index in [1.54, 1.807) is 0 Å². The second kappa shape index (κ2) is 10.7. The topological polar surface area (TPSA) is 64.7 Å². The van der Waals surface area contributed by atoms with Crippen molar-refractivity contribution in [3.63, 3.8) is 0 Å². The van der Waals surface area contributed by atoms with E-state index in [1.807, 2.05) is 62.4 Å². The molecule has 2 aromatic carbocycles. The van der Waals surface area contributed by atoms with Crippen LogP contribution in [0.1, 0.15) is 18.1 Å². The van der Waals surface area contributed by atoms with Gasteiger partial charge in [-0.3, -0.25) is 19.4 Å². The summed E-state index contributed by atoms with van der Waals surface area (Å²) < 4.78 is 0.884. The summed E-state index contributed by atoms with van der Waals surface area (Å²) in [5.74, 6) is 0.0101. The van der Waals surface area contributed by atoms with Crippen molar-refractivity contribution in [1.29, 1.82) is 0 Å². The highest BCUT2D eigenvalue weighted by Gasteiger charge is 2.26. The molecule has 0 aromatic heterocycles. The fraction of sp³-hybridized carbons (Fsp3) is 0.391. The Morgan fingerprint density at radius 1 is 1.07 bits per heavy atom. The van der Waals surface area contributed by atoms with Gasteiger partial charge in [0, 0.05) is 37.2 Å². The number of nitrogens with one attached hydrogen (secondary N) is 2. The van der Waals surface area contributed by atoms with E-state index in [0.717, 1.165) is 47.5 Å². The van der Waals surface area contributed by atoms with E-state index in [4.69, 9.17) is 0 Å². The maximum absolute atomic E-state index is 12.7. The molecule has 0 aliphatic carbocycles. The fourth-order valence-corrected chi connectivity index (χ4v) is 4.08. The average molecular weight is 473 g/mol. The lowest BCUT2D eigenvalue weighted by Gasteiger charge is -2.37. The second-order valence-electron chi connectivity index (χ2n) is 7.72. The number of amides is 2. The number of hydrogen-bond donors (Lipinski definition) is 2. The number of hydrogen-bond acceptors (Lipinski definition) is 4. The van der Waals surface area contributed by atoms with Gasteiger partial charge < -0.3 is 10.6 Å². The van der Waals surface area contributed by atoms with E-state index in [-0.39, 0.29) is 17.9 Å². The quantitative estimate of drug-likeness (QED) is 0.649. The zero-order valence-electron chi connectivity index (χ0n) is 17.5. The smallest absolute Gasteiger partial charge is 0.241 e. The van der Waals surface area contributed by atoms with Crippen LogP contribution in [-0.4, -0.2) is 60.4 Å². The van der Waals surface area contributed by atoms with Crippen LogP contribution in [0.25, 0.3) is 0 Å². The van der Waals surface area contributed by atoms with E-state index in [0.29, 0.717) is 13.1 Å². The molecule has 1 heterocycles. The van der Waals surface area contributed by atoms with Crippen molar-refractivity contribution in [2.24, 2.45) is 0 Å². The van der Waals surface area contributed by atoms with Gasteiger partial charge in [-0.15, -0.1) is 0 Å². The maximum atomic E-state index is 12.7. The molecular weight excluding hydrogens is 444 g/mol. The van der Waals surface area contributed by atoms with Crippen molar-refractivity contribution in [1.82, 2.24) is 15.1 Å². The van der Waals surface area contributed by atoms with E-state index in [9.17, 15) is 9.59 Å². The minimum absolute atomic E-state index is 0.0198. The fourth-order valence-electron chi connectivity index (χ4n) is 3.49. The van der Waals surface area contributed by atoms with Crippen molar-refractivity contribution in [3.8, 4) is 0 Å². The Morgan fingerprint density at radius 3 is 2.43 bits per heavy atom. The summed E-state index contributed by atoms with van der Waals surface area (Å²) in [5.41, 5.74) is 3.01. The molecule has 30 heavy (non-hydrogen) atoms. The summed E-state index contributed by atoms with van der Waals surface area (Å²) in [4.78, 5) is 29.2. The predicted molar refractivity (Wildman–Crippen MR) is 123 cm³/mol. The maximum Gasteiger partial charge on any atom is 0.241 e. The van der Waals surface area contributed by atoms with Crippen LogP contribution in [0.4, 0.5) is 5.69 Å². The Hall–Kier alpha value is -2.22. The summed E-state index contributed by atoms with van der Waals surface area (Å²) in [7, 11) is 0. The van der Waals surface area contributed by atoms with Crippen molar-refractivity contribution in [2.75, 3.05) is 38.0 Å². The molecule has 0 radical (unpaired) electrons. The third-order valence-corrected chi connectivity index (χ3v) is 6.07. The second-order valence-corrected chi connectivity index (χ2v) is 8.58. The van der Waals surface area contributed by atoms with Gasteiger partial charge in [-0.05, 0) is 53.0 Å². The van der Waals surface area contributed by atoms with E-state index >= 15 is 0 Å². The molecule has 1 unspecified atom stereocenters. The molecule has 1 saturated heterocycles. The van der Waals surface area contributed by atoms with Crippen molar-refractivity contribution >= 4 is 33.4 Å². The molecule has 2 aromatic rings. The Bertz CT molecular complexity index is 867. The Labute approximate surface area is 186 Å². The van der Waals surface area contributed by atoms with E-state index in [1.165, 1.54) is 0 Å². The van der Waals surface area contributed by atoms with Crippen molar-refractivity contribution in [2.45, 2.75) is 26.4 Å². The van der Waals surface area contributed by atoms with Crippen molar-refractivity contribution < 1.29 is 9.59 Å². The molecule has 0 bridgehead atoms. The highest BCUT2D eigenvalue weighted by molar-refractivity contribution is 9.10. The van der Waals surface area contributed by atoms with Crippen LogP contribution in [0, 0.1) is 6.92 Å². The predicted octanol–water partition coefficient (Wildman–Crippen LogP) is 3.02. The van der Waals surface area contributed by atoms with Crippen molar-refractivity contribution in [3.05, 3.63) is 64.1 Å². The molecule has 1 aliphatic rings. The standard InChI is InChI=1S/C23H29BrN4O2/c1-17-8-9-21(20(24)14-17)26-23(30)18(2)28-12-10-27(11-13-28)16-22(29)25-15-19-6-4-3-5-7-19/h3-9,14,18H,10-13,15-16H2,1-2H3,(H,25,29)(H,26,30). The number of halogens is 1. The Balaban J connectivity index is 1.41. The van der Waals surface area contributed by atoms with Gasteiger partial charge >= 0.3 is 0 Å². The van der Waals surface area contributed by atoms with E-state index in [2.05, 4.69) is 36.4 Å². The van der Waals surface area contributed by atoms with E-state index < -0.39 is 0 Å². The lowest BCUT2D eigenvalue weighted by atomic mass is 10.2. The summed E-state index contributed by atoms with van der Waals surface area (Å²) in [6.07, 6.45) is 0. The number of nitrogens with zero attached hydrogens (tertiary/aromatic N) is 2. The third kappa shape index (κ3) is 6.39. The van der Waals surface area contributed by atoms with Gasteiger partial charge in [0.05, 0.1) is 18.3 Å². The van der Waals surface area contributed by atoms with Gasteiger partial charge in [0.25, 0.3) is 0 Å². The van der Waals surface area contributed by atoms with Crippen LogP contribution in [0.15, 0.2) is 53.0 Å². The minimum atomic E-state index is -0.229. The van der Waals surface area contributed by atoms with Gasteiger partial charge in [0.1, 0.15) is 0 Å². The summed E-state index contributed by atoms with van der Waals surface area (Å²) in [6, 6.07) is 15.6. The highest BCUT2D eigenvalue weighted by atomic mass is 79.9. The lowest BCUT2D eigenvalue weighted by molar-refractivity contribution is -0.124. The summed E-state index contributed by atoms with van der Waals surface area (Å²) >= 11 is 3.51. The molecule has 7 heteroatoms. The number of benzene rings is 2. The van der Waals surface area contributed by atoms with Crippen LogP contribution >= 0.6 is 15.9 Å². The van der Waals surface area contributed by atoms with Gasteiger partial charge in [0.15, 0.2) is 0 Å². The molecule has 0 spiro atoms. The number of carbonyl (C=O) groups excluding carboxylic acids is 2. The van der Waals surface area contributed by atoms with Crippen LogP contribution < -0.4 is 10.6 Å². The number of rotatable bonds is 7. The first-order valence-electron chi connectivity index (χ1n) is 10.3. The molecule has 1 fully saturated rings. The van der Waals surface area contributed by atoms with Gasteiger partial charge in [-0.25, -0.2) is 0 Å². The lowest BCUT2D eigenvalue weighted by Crippen LogP contribution is -2.54. The summed E-state index contributed by atoms with van der Waals surface area (Å²) in [5, 5.41) is 5.98. The summed E-state index contributed by atoms with van der Waals surface area (Å²) in [6.45, 7) is 7.93. The average Bonchev–Trinajstić information content (AvgIpc) is 2.75. The first-order chi connectivity index (χ1) is 14.4. The minimum Gasteiger partial charge on any atom is -0.351 e. The molecule has 1 aliphatic heterocycles. The van der Waals surface area contributed by atoms with Gasteiger partial charge in [0.2, 0.25) is 11.8 Å². The first-order valence-corrected chi connectivity index (χ1v) is 11.1. The van der Waals surface area contributed by atoms with Crippen LogP contribution in [0.5, 0.6) is 0 Å². The molecule has 0 saturated carbocycles. The zero-order chi connectivity index (χ0) is 21.5. The van der Waals surface area contributed by atoms with Gasteiger partial charge in [-0.2, -0.15) is 0 Å². The molecule has 2 amide bonds. The molecule has 1 atom stereocenters. The van der Waals surface area contributed by atoms with Crippen LogP contribution in [0.3, 0.4) is 0 Å². The SMILES string of the molecule is Cc1ccc(NC(=O)C(C)N2CCN(CC(=O)NCc3ccccc3)CC2)c(Br)c1. The molecule has 3 rings (SSSR count). The number of piperazine rings is 1. The molecular formula is C23H29BrN4O2. The number of aryl methyl sites for hydroxylation is 1. The number of carbonyl (C=O) groups is 2. The molecule has 2 N–H and O–H groups in total. The highest BCUT2D eigenvalue weighted by Crippen LogP contribution is 2.23. The largest absolute Gasteiger partial charge is 0.351 e. The third-order valence-electron chi connectivity index (χ3n) is 5.42. The van der Waals surface area contributed by atoms with Gasteiger partial charge in [-0.1, -0.05) is 36.4 Å². The normalized spacial score (nSPS) is 16.1. The zero-order valence-corrected chi connectivity index (χ0v) is 19.1. The number of anilines is 1. The van der Waals surface area contributed by atoms with Crippen LogP contribution in [0.2, 0.25) is 0 Å². The van der Waals surface area contributed by atoms with Crippen LogP contribution in [-0.2, 0) is 16.1 Å². The Kier molecular flexibility index (Phi) is 8.01. The monoisotopic (exact) mass is 472 g/mol. The first kappa shape index (κ1) is 22.5. The molecule has 160 valence electrons. The molecule has 6 nitrogen and oxygen atoms in total.